The summed E-state index contributed by atoms with van der Waals surface area (Å²) in [4.78, 5) is 8.29. The van der Waals surface area contributed by atoms with Gasteiger partial charge in [-0.25, -0.2) is 9.97 Å². The van der Waals surface area contributed by atoms with Crippen LogP contribution in [0.15, 0.2) is 12.4 Å². The molecule has 0 saturated carbocycles. The lowest BCUT2D eigenvalue weighted by Crippen LogP contribution is -2.13. The fourth-order valence-electron chi connectivity index (χ4n) is 1.83. The summed E-state index contributed by atoms with van der Waals surface area (Å²) in [6.07, 6.45) is 2.45. The van der Waals surface area contributed by atoms with Crippen LogP contribution >= 0.6 is 0 Å². The van der Waals surface area contributed by atoms with Crippen molar-refractivity contribution in [3.63, 3.8) is 0 Å². The van der Waals surface area contributed by atoms with Crippen molar-refractivity contribution < 1.29 is 4.74 Å². The van der Waals surface area contributed by atoms with E-state index in [0.29, 0.717) is 24.8 Å². The Morgan fingerprint density at radius 3 is 3.00 bits per heavy atom. The molecule has 0 spiro atoms. The van der Waals surface area contributed by atoms with Gasteiger partial charge < -0.3 is 20.4 Å². The summed E-state index contributed by atoms with van der Waals surface area (Å²) >= 11 is 0. The molecule has 3 N–H and O–H groups in total. The zero-order valence-corrected chi connectivity index (χ0v) is 11.7. The molecule has 0 fully saturated rings. The Bertz CT molecular complexity index is 534. The van der Waals surface area contributed by atoms with Crippen molar-refractivity contribution >= 4 is 11.6 Å². The van der Waals surface area contributed by atoms with Crippen molar-refractivity contribution in [2.45, 2.75) is 19.9 Å². The minimum absolute atomic E-state index is 0.461. The first-order chi connectivity index (χ1) is 9.69. The number of anilines is 2. The second-order valence-electron chi connectivity index (χ2n) is 4.34. The van der Waals surface area contributed by atoms with Gasteiger partial charge in [0.25, 0.3) is 0 Å². The quantitative estimate of drug-likeness (QED) is 0.748. The van der Waals surface area contributed by atoms with Crippen LogP contribution in [0.3, 0.4) is 0 Å². The Labute approximate surface area is 117 Å². The van der Waals surface area contributed by atoms with E-state index in [9.17, 15) is 0 Å². The van der Waals surface area contributed by atoms with Crippen molar-refractivity contribution in [3.05, 3.63) is 24.0 Å². The number of nitrogens with one attached hydrogen (secondary N) is 1. The van der Waals surface area contributed by atoms with Crippen molar-refractivity contribution in [1.82, 2.24) is 24.7 Å². The third kappa shape index (κ3) is 3.89. The number of aryl methyl sites for hydroxylation is 1. The average molecular weight is 277 g/mol. The van der Waals surface area contributed by atoms with E-state index in [-0.39, 0.29) is 0 Å². The van der Waals surface area contributed by atoms with Crippen LogP contribution in [0.25, 0.3) is 0 Å². The maximum Gasteiger partial charge on any atom is 0.134 e. The number of nitrogen functional groups attached to an aromatic ring is 1. The van der Waals surface area contributed by atoms with Gasteiger partial charge >= 0.3 is 0 Å². The van der Waals surface area contributed by atoms with Gasteiger partial charge in [0, 0.05) is 32.7 Å². The number of nitrogens with zero attached hydrogens (tertiary/aromatic N) is 5. The Morgan fingerprint density at radius 1 is 1.40 bits per heavy atom. The smallest absolute Gasteiger partial charge is 0.134 e. The average Bonchev–Trinajstić information content (AvgIpc) is 2.83. The zero-order chi connectivity index (χ0) is 14.4. The third-order valence-corrected chi connectivity index (χ3v) is 2.74. The number of hydrogen-bond acceptors (Lipinski definition) is 7. The Morgan fingerprint density at radius 2 is 2.25 bits per heavy atom. The largest absolute Gasteiger partial charge is 0.384 e. The second kappa shape index (κ2) is 6.80. The molecule has 8 heteroatoms. The highest BCUT2D eigenvalue weighted by Crippen LogP contribution is 2.07. The van der Waals surface area contributed by atoms with E-state index < -0.39 is 0 Å². The molecule has 0 amide bonds. The molecule has 0 aliphatic rings. The lowest BCUT2D eigenvalue weighted by molar-refractivity contribution is 0.186. The second-order valence-corrected chi connectivity index (χ2v) is 4.34. The minimum atomic E-state index is 0.461. The van der Waals surface area contributed by atoms with Gasteiger partial charge in [0.1, 0.15) is 29.6 Å². The van der Waals surface area contributed by atoms with Crippen LogP contribution < -0.4 is 11.1 Å². The molecule has 0 unspecified atom stereocenters. The summed E-state index contributed by atoms with van der Waals surface area (Å²) in [5.74, 6) is 2.74. The minimum Gasteiger partial charge on any atom is -0.384 e. The molecule has 0 atom stereocenters. The molecular formula is C12H19N7O. The van der Waals surface area contributed by atoms with Crippen LogP contribution in [-0.4, -0.2) is 45.0 Å². The molecule has 20 heavy (non-hydrogen) atoms. The van der Waals surface area contributed by atoms with Crippen molar-refractivity contribution in [1.29, 1.82) is 0 Å². The van der Waals surface area contributed by atoms with Gasteiger partial charge in [0.2, 0.25) is 0 Å². The first kappa shape index (κ1) is 14.2. The Hall–Kier alpha value is -2.22. The van der Waals surface area contributed by atoms with E-state index in [0.717, 1.165) is 24.6 Å². The van der Waals surface area contributed by atoms with Crippen LogP contribution in [0.2, 0.25) is 0 Å². The molecule has 0 bridgehead atoms. The van der Waals surface area contributed by atoms with Gasteiger partial charge in [-0.3, -0.25) is 0 Å². The Balaban J connectivity index is 1.88. The van der Waals surface area contributed by atoms with Crippen molar-refractivity contribution in [3.8, 4) is 0 Å². The first-order valence-corrected chi connectivity index (χ1v) is 6.39. The van der Waals surface area contributed by atoms with Gasteiger partial charge in [0.15, 0.2) is 0 Å². The summed E-state index contributed by atoms with van der Waals surface area (Å²) in [7, 11) is 1.67. The van der Waals surface area contributed by atoms with Crippen molar-refractivity contribution in [2.75, 3.05) is 31.3 Å². The van der Waals surface area contributed by atoms with Gasteiger partial charge in [-0.05, 0) is 6.92 Å². The molecule has 0 saturated heterocycles. The van der Waals surface area contributed by atoms with E-state index in [4.69, 9.17) is 10.5 Å². The lowest BCUT2D eigenvalue weighted by Gasteiger charge is -2.08. The van der Waals surface area contributed by atoms with Crippen LogP contribution in [0, 0.1) is 6.92 Å². The van der Waals surface area contributed by atoms with E-state index in [2.05, 4.69) is 25.5 Å². The predicted molar refractivity (Wildman–Crippen MR) is 75.3 cm³/mol. The fourth-order valence-corrected chi connectivity index (χ4v) is 1.83. The number of rotatable bonds is 7. The summed E-state index contributed by atoms with van der Waals surface area (Å²) < 4.78 is 7.02. The summed E-state index contributed by atoms with van der Waals surface area (Å²) in [6, 6.07) is 1.71. The van der Waals surface area contributed by atoms with Crippen LogP contribution in [0.4, 0.5) is 11.6 Å². The summed E-state index contributed by atoms with van der Waals surface area (Å²) in [5, 5.41) is 11.2. The molecule has 2 rings (SSSR count). The van der Waals surface area contributed by atoms with E-state index in [1.807, 2.05) is 11.5 Å². The highest BCUT2D eigenvalue weighted by atomic mass is 16.5. The third-order valence-electron chi connectivity index (χ3n) is 2.74. The molecule has 108 valence electrons. The van der Waals surface area contributed by atoms with Crippen molar-refractivity contribution in [2.24, 2.45) is 0 Å². The Kier molecular flexibility index (Phi) is 4.83. The number of hydrogen-bond donors (Lipinski definition) is 2. The van der Waals surface area contributed by atoms with E-state index in [1.165, 1.54) is 0 Å². The molecule has 0 aliphatic carbocycles. The number of ether oxygens (including phenoxy) is 1. The first-order valence-electron chi connectivity index (χ1n) is 6.39. The van der Waals surface area contributed by atoms with Crippen LogP contribution in [0.5, 0.6) is 0 Å². The SMILES string of the molecule is COCCn1cnnc1CCNc1cc(N)nc(C)n1. The summed E-state index contributed by atoms with van der Waals surface area (Å²) in [5.41, 5.74) is 5.67. The normalized spacial score (nSPS) is 10.7. The molecule has 0 radical (unpaired) electrons. The van der Waals surface area contributed by atoms with Gasteiger partial charge in [-0.15, -0.1) is 10.2 Å². The maximum atomic E-state index is 5.67. The van der Waals surface area contributed by atoms with Gasteiger partial charge in [-0.1, -0.05) is 0 Å². The molecule has 0 aliphatic heterocycles. The predicted octanol–water partition coefficient (Wildman–Crippen LogP) is 0.260. The van der Waals surface area contributed by atoms with Gasteiger partial charge in [-0.2, -0.15) is 0 Å². The zero-order valence-electron chi connectivity index (χ0n) is 11.7. The van der Waals surface area contributed by atoms with Gasteiger partial charge in [0.05, 0.1) is 6.61 Å². The molecule has 0 aromatic carbocycles. The monoisotopic (exact) mass is 277 g/mol. The molecule has 2 aromatic heterocycles. The fraction of sp³-hybridized carbons (Fsp3) is 0.500. The van der Waals surface area contributed by atoms with Crippen LogP contribution in [-0.2, 0) is 17.7 Å². The summed E-state index contributed by atoms with van der Waals surface area (Å²) in [6.45, 7) is 3.89. The molecular weight excluding hydrogens is 258 g/mol. The number of aromatic nitrogens is 5. The van der Waals surface area contributed by atoms with Crippen LogP contribution in [0.1, 0.15) is 11.6 Å². The number of methoxy groups -OCH3 is 1. The van der Waals surface area contributed by atoms with E-state index >= 15 is 0 Å². The molecule has 2 heterocycles. The standard InChI is InChI=1S/C12H19N7O/c1-9-16-10(13)7-11(17-9)14-4-3-12-18-15-8-19(12)5-6-20-2/h7-8H,3-6H2,1-2H3,(H3,13,14,16,17). The topological polar surface area (TPSA) is 104 Å². The molecule has 8 nitrogen and oxygen atoms in total. The van der Waals surface area contributed by atoms with E-state index in [1.54, 1.807) is 19.5 Å². The lowest BCUT2D eigenvalue weighted by atomic mass is 10.4. The maximum absolute atomic E-state index is 5.67. The highest BCUT2D eigenvalue weighted by molar-refractivity contribution is 5.44. The highest BCUT2D eigenvalue weighted by Gasteiger charge is 2.04. The molecule has 2 aromatic rings. The number of nitrogens with two attached hydrogens (primary N) is 1.